The molecule has 0 aromatic heterocycles. The molecular formula is C20H39NO2. The standard InChI is InChI=1S/C20H39NO2/c1-19(2)15-17(16-20(3,4)21(19)5)13-11-9-7-6-8-10-12-14-18(22)23/h17H,6-16H2,1-5H3,(H,22,23). The van der Waals surface area contributed by atoms with Gasteiger partial charge in [-0.1, -0.05) is 44.9 Å². The molecule has 0 spiro atoms. The van der Waals surface area contributed by atoms with Gasteiger partial charge in [0.2, 0.25) is 0 Å². The molecule has 1 saturated heterocycles. The fraction of sp³-hybridized carbons (Fsp3) is 0.950. The number of carboxylic acid groups (broad SMARTS) is 1. The molecule has 0 unspecified atom stereocenters. The Labute approximate surface area is 143 Å². The number of carbonyl (C=O) groups is 1. The van der Waals surface area contributed by atoms with Gasteiger partial charge in [-0.3, -0.25) is 9.69 Å². The van der Waals surface area contributed by atoms with E-state index in [1.54, 1.807) is 0 Å². The normalized spacial score (nSPS) is 21.4. The van der Waals surface area contributed by atoms with Crippen molar-refractivity contribution in [1.82, 2.24) is 4.90 Å². The zero-order valence-corrected chi connectivity index (χ0v) is 16.2. The second-order valence-electron chi connectivity index (χ2n) is 8.87. The van der Waals surface area contributed by atoms with Gasteiger partial charge < -0.3 is 5.11 Å². The van der Waals surface area contributed by atoms with Gasteiger partial charge >= 0.3 is 5.97 Å². The number of carboxylic acids is 1. The first-order valence-corrected chi connectivity index (χ1v) is 9.61. The lowest BCUT2D eigenvalue weighted by molar-refractivity contribution is -0.137. The van der Waals surface area contributed by atoms with Crippen LogP contribution < -0.4 is 0 Å². The molecule has 136 valence electrons. The summed E-state index contributed by atoms with van der Waals surface area (Å²) in [6, 6.07) is 0. The molecule has 1 N–H and O–H groups in total. The largest absolute Gasteiger partial charge is 0.481 e. The average Bonchev–Trinajstić information content (AvgIpc) is 2.42. The van der Waals surface area contributed by atoms with Crippen LogP contribution in [0.3, 0.4) is 0 Å². The Bertz CT molecular complexity index is 345. The zero-order valence-electron chi connectivity index (χ0n) is 16.2. The lowest BCUT2D eigenvalue weighted by Gasteiger charge is -2.54. The van der Waals surface area contributed by atoms with Crippen LogP contribution in [-0.2, 0) is 4.79 Å². The summed E-state index contributed by atoms with van der Waals surface area (Å²) in [5.74, 6) is 0.209. The van der Waals surface area contributed by atoms with Gasteiger partial charge in [0.25, 0.3) is 0 Å². The van der Waals surface area contributed by atoms with Crippen molar-refractivity contribution in [3.8, 4) is 0 Å². The van der Waals surface area contributed by atoms with Crippen LogP contribution in [0.25, 0.3) is 0 Å². The highest BCUT2D eigenvalue weighted by molar-refractivity contribution is 5.66. The summed E-state index contributed by atoms with van der Waals surface area (Å²) in [7, 11) is 2.28. The smallest absolute Gasteiger partial charge is 0.303 e. The van der Waals surface area contributed by atoms with E-state index in [1.807, 2.05) is 0 Å². The number of hydrogen-bond donors (Lipinski definition) is 1. The topological polar surface area (TPSA) is 40.5 Å². The van der Waals surface area contributed by atoms with Crippen LogP contribution >= 0.6 is 0 Å². The van der Waals surface area contributed by atoms with E-state index in [0.717, 1.165) is 18.8 Å². The highest BCUT2D eigenvalue weighted by Gasteiger charge is 2.42. The molecule has 1 aliphatic heterocycles. The molecule has 1 heterocycles. The lowest BCUT2D eigenvalue weighted by atomic mass is 9.72. The molecule has 3 heteroatoms. The van der Waals surface area contributed by atoms with E-state index in [-0.39, 0.29) is 0 Å². The molecule has 0 bridgehead atoms. The second-order valence-corrected chi connectivity index (χ2v) is 8.87. The van der Waals surface area contributed by atoms with E-state index >= 15 is 0 Å². The molecule has 1 rings (SSSR count). The summed E-state index contributed by atoms with van der Waals surface area (Å²) in [5.41, 5.74) is 0.632. The van der Waals surface area contributed by atoms with Gasteiger partial charge in [-0.25, -0.2) is 0 Å². The first kappa shape index (κ1) is 20.5. The number of piperidine rings is 1. The molecule has 1 aliphatic rings. The fourth-order valence-corrected chi connectivity index (χ4v) is 4.38. The number of aliphatic carboxylic acids is 1. The average molecular weight is 326 g/mol. The third-order valence-corrected chi connectivity index (χ3v) is 5.90. The van der Waals surface area contributed by atoms with E-state index in [9.17, 15) is 4.79 Å². The van der Waals surface area contributed by atoms with E-state index in [4.69, 9.17) is 5.11 Å². The summed E-state index contributed by atoms with van der Waals surface area (Å²) < 4.78 is 0. The lowest BCUT2D eigenvalue weighted by Crippen LogP contribution is -2.58. The Morgan fingerprint density at radius 2 is 1.35 bits per heavy atom. The molecule has 0 atom stereocenters. The number of rotatable bonds is 10. The maximum atomic E-state index is 10.4. The maximum absolute atomic E-state index is 10.4. The summed E-state index contributed by atoms with van der Waals surface area (Å²) in [4.78, 5) is 13.0. The third-order valence-electron chi connectivity index (χ3n) is 5.90. The molecule has 0 aromatic rings. The molecule has 23 heavy (non-hydrogen) atoms. The number of hydrogen-bond acceptors (Lipinski definition) is 2. The number of likely N-dealkylation sites (tertiary alicyclic amines) is 1. The minimum atomic E-state index is -0.658. The van der Waals surface area contributed by atoms with Crippen molar-refractivity contribution < 1.29 is 9.90 Å². The van der Waals surface area contributed by atoms with Gasteiger partial charge in [-0.2, -0.15) is 0 Å². The van der Waals surface area contributed by atoms with Gasteiger partial charge in [0.05, 0.1) is 0 Å². The first-order valence-electron chi connectivity index (χ1n) is 9.61. The van der Waals surface area contributed by atoms with E-state index in [2.05, 4.69) is 39.6 Å². The monoisotopic (exact) mass is 325 g/mol. The van der Waals surface area contributed by atoms with E-state index in [1.165, 1.54) is 51.4 Å². The maximum Gasteiger partial charge on any atom is 0.303 e. The molecule has 0 aliphatic carbocycles. The Hall–Kier alpha value is -0.570. The van der Waals surface area contributed by atoms with Gasteiger partial charge in [-0.05, 0) is 59.9 Å². The minimum Gasteiger partial charge on any atom is -0.481 e. The van der Waals surface area contributed by atoms with Crippen molar-refractivity contribution in [3.05, 3.63) is 0 Å². The molecular weight excluding hydrogens is 286 g/mol. The van der Waals surface area contributed by atoms with Gasteiger partial charge in [-0.15, -0.1) is 0 Å². The van der Waals surface area contributed by atoms with Crippen LogP contribution in [0.15, 0.2) is 0 Å². The fourth-order valence-electron chi connectivity index (χ4n) is 4.38. The Morgan fingerprint density at radius 3 is 1.83 bits per heavy atom. The summed E-state index contributed by atoms with van der Waals surface area (Å²) >= 11 is 0. The summed E-state index contributed by atoms with van der Waals surface area (Å²) in [6.45, 7) is 9.55. The van der Waals surface area contributed by atoms with Crippen molar-refractivity contribution >= 4 is 5.97 Å². The number of nitrogens with zero attached hydrogens (tertiary/aromatic N) is 1. The van der Waals surface area contributed by atoms with Crippen LogP contribution in [0.5, 0.6) is 0 Å². The summed E-state index contributed by atoms with van der Waals surface area (Å²) in [5, 5.41) is 8.60. The Morgan fingerprint density at radius 1 is 0.913 bits per heavy atom. The third kappa shape index (κ3) is 7.24. The quantitative estimate of drug-likeness (QED) is 0.541. The summed E-state index contributed by atoms with van der Waals surface area (Å²) in [6.07, 6.45) is 12.7. The predicted molar refractivity (Wildman–Crippen MR) is 97.8 cm³/mol. The molecule has 0 saturated carbocycles. The van der Waals surface area contributed by atoms with Gasteiger partial charge in [0, 0.05) is 17.5 Å². The Kier molecular flexibility index (Phi) is 8.06. The Balaban J connectivity index is 2.11. The van der Waals surface area contributed by atoms with Crippen LogP contribution in [0.4, 0.5) is 0 Å². The molecule has 0 aromatic carbocycles. The predicted octanol–water partition coefficient (Wildman–Crippen LogP) is 5.48. The second kappa shape index (κ2) is 9.05. The van der Waals surface area contributed by atoms with Crippen molar-refractivity contribution in [3.63, 3.8) is 0 Å². The molecule has 0 amide bonds. The number of unbranched alkanes of at least 4 members (excludes halogenated alkanes) is 6. The van der Waals surface area contributed by atoms with Crippen LogP contribution in [-0.4, -0.2) is 34.1 Å². The highest BCUT2D eigenvalue weighted by Crippen LogP contribution is 2.41. The van der Waals surface area contributed by atoms with Crippen LogP contribution in [0, 0.1) is 5.92 Å². The SMILES string of the molecule is CN1C(C)(C)CC(CCCCCCCCCC(=O)O)CC1(C)C. The highest BCUT2D eigenvalue weighted by atomic mass is 16.4. The van der Waals surface area contributed by atoms with Crippen molar-refractivity contribution in [2.24, 2.45) is 5.92 Å². The van der Waals surface area contributed by atoms with Crippen molar-refractivity contribution in [1.29, 1.82) is 0 Å². The van der Waals surface area contributed by atoms with Crippen LogP contribution in [0.2, 0.25) is 0 Å². The minimum absolute atomic E-state index is 0.316. The molecule has 0 radical (unpaired) electrons. The zero-order chi connectivity index (χ0) is 17.5. The van der Waals surface area contributed by atoms with E-state index in [0.29, 0.717) is 17.5 Å². The molecule has 1 fully saturated rings. The van der Waals surface area contributed by atoms with Crippen LogP contribution in [0.1, 0.15) is 98.3 Å². The van der Waals surface area contributed by atoms with Gasteiger partial charge in [0.1, 0.15) is 0 Å². The van der Waals surface area contributed by atoms with Crippen molar-refractivity contribution in [2.75, 3.05) is 7.05 Å². The van der Waals surface area contributed by atoms with E-state index < -0.39 is 5.97 Å². The van der Waals surface area contributed by atoms with Crippen molar-refractivity contribution in [2.45, 2.75) is 109 Å². The molecule has 3 nitrogen and oxygen atoms in total. The van der Waals surface area contributed by atoms with Gasteiger partial charge in [0.15, 0.2) is 0 Å². The first-order chi connectivity index (χ1) is 10.6.